The van der Waals surface area contributed by atoms with Crippen molar-refractivity contribution in [3.63, 3.8) is 0 Å². The van der Waals surface area contributed by atoms with E-state index in [1.807, 2.05) is 7.05 Å². The second-order valence-corrected chi connectivity index (χ2v) is 5.65. The first kappa shape index (κ1) is 11.7. The van der Waals surface area contributed by atoms with E-state index < -0.39 is 0 Å². The van der Waals surface area contributed by atoms with Crippen LogP contribution in [-0.4, -0.2) is 30.1 Å². The van der Waals surface area contributed by atoms with Gasteiger partial charge in [0.1, 0.15) is 0 Å². The maximum absolute atomic E-state index is 4.66. The van der Waals surface area contributed by atoms with Crippen molar-refractivity contribution in [3.8, 4) is 0 Å². The van der Waals surface area contributed by atoms with Crippen molar-refractivity contribution in [2.75, 3.05) is 30.4 Å². The second-order valence-electron chi connectivity index (χ2n) is 4.74. The third-order valence-corrected chi connectivity index (χ3v) is 4.27. The Morgan fingerprint density at radius 1 is 1.44 bits per heavy atom. The molecule has 3 rings (SSSR count). The molecule has 1 N–H and O–H groups in total. The fourth-order valence-corrected chi connectivity index (χ4v) is 3.00. The minimum atomic E-state index is 0.713. The predicted molar refractivity (Wildman–Crippen MR) is 77.6 cm³/mol. The van der Waals surface area contributed by atoms with E-state index in [0.29, 0.717) is 5.95 Å². The van der Waals surface area contributed by atoms with Crippen molar-refractivity contribution in [1.29, 1.82) is 0 Å². The quantitative estimate of drug-likeness (QED) is 0.899. The summed E-state index contributed by atoms with van der Waals surface area (Å²) in [7, 11) is 1.87. The van der Waals surface area contributed by atoms with Crippen LogP contribution >= 0.6 is 11.3 Å². The van der Waals surface area contributed by atoms with Gasteiger partial charge in [0, 0.05) is 20.1 Å². The van der Waals surface area contributed by atoms with E-state index in [0.717, 1.165) is 30.3 Å². The van der Waals surface area contributed by atoms with E-state index in [-0.39, 0.29) is 0 Å². The Morgan fingerprint density at radius 3 is 2.94 bits per heavy atom. The standard InChI is InChI=1S/C13H18N4S/c1-3-17(8-9-4-5-9)12-11-10(6-7-18-11)15-13(14-2)16-12/h6-7,9H,3-5,8H2,1-2H3,(H,14,15,16). The van der Waals surface area contributed by atoms with Crippen LogP contribution in [-0.2, 0) is 0 Å². The second kappa shape index (κ2) is 4.72. The molecule has 1 saturated carbocycles. The molecule has 0 unspecified atom stereocenters. The van der Waals surface area contributed by atoms with Crippen molar-refractivity contribution in [1.82, 2.24) is 9.97 Å². The molecule has 0 atom stereocenters. The number of hydrogen-bond acceptors (Lipinski definition) is 5. The Balaban J connectivity index is 2.03. The zero-order chi connectivity index (χ0) is 12.5. The summed E-state index contributed by atoms with van der Waals surface area (Å²) in [6, 6.07) is 2.07. The van der Waals surface area contributed by atoms with Gasteiger partial charge in [-0.2, -0.15) is 4.98 Å². The van der Waals surface area contributed by atoms with Crippen molar-refractivity contribution >= 4 is 33.3 Å². The molecule has 1 fully saturated rings. The van der Waals surface area contributed by atoms with Crippen molar-refractivity contribution in [2.45, 2.75) is 19.8 Å². The number of nitrogens with one attached hydrogen (secondary N) is 1. The normalized spacial score (nSPS) is 15.0. The molecular weight excluding hydrogens is 244 g/mol. The highest BCUT2D eigenvalue weighted by Crippen LogP contribution is 2.34. The Kier molecular flexibility index (Phi) is 3.07. The first-order valence-electron chi connectivity index (χ1n) is 6.49. The van der Waals surface area contributed by atoms with Crippen LogP contribution in [0.1, 0.15) is 19.8 Å². The van der Waals surface area contributed by atoms with Gasteiger partial charge in [0.05, 0.1) is 10.2 Å². The maximum Gasteiger partial charge on any atom is 0.225 e. The fourth-order valence-electron chi connectivity index (χ4n) is 2.15. The van der Waals surface area contributed by atoms with Gasteiger partial charge in [-0.05, 0) is 37.1 Å². The topological polar surface area (TPSA) is 41.1 Å². The van der Waals surface area contributed by atoms with Crippen LogP contribution in [0.3, 0.4) is 0 Å². The molecule has 0 spiro atoms. The third kappa shape index (κ3) is 2.14. The summed E-state index contributed by atoms with van der Waals surface area (Å²) in [4.78, 5) is 11.5. The Bertz CT molecular complexity index is 547. The molecule has 96 valence electrons. The highest BCUT2D eigenvalue weighted by atomic mass is 32.1. The van der Waals surface area contributed by atoms with Gasteiger partial charge in [0.2, 0.25) is 5.95 Å². The van der Waals surface area contributed by atoms with Crippen LogP contribution in [0.4, 0.5) is 11.8 Å². The molecule has 0 bridgehead atoms. The lowest BCUT2D eigenvalue weighted by Crippen LogP contribution is -2.26. The molecule has 0 amide bonds. The smallest absolute Gasteiger partial charge is 0.225 e. The molecule has 18 heavy (non-hydrogen) atoms. The number of anilines is 2. The molecule has 0 aliphatic heterocycles. The van der Waals surface area contributed by atoms with E-state index in [1.54, 1.807) is 11.3 Å². The highest BCUT2D eigenvalue weighted by molar-refractivity contribution is 7.17. The monoisotopic (exact) mass is 262 g/mol. The molecule has 0 saturated heterocycles. The Labute approximate surface area is 111 Å². The lowest BCUT2D eigenvalue weighted by Gasteiger charge is -2.22. The number of thiophene rings is 1. The van der Waals surface area contributed by atoms with Crippen molar-refractivity contribution in [2.24, 2.45) is 5.92 Å². The number of rotatable bonds is 5. The van der Waals surface area contributed by atoms with Crippen LogP contribution < -0.4 is 10.2 Å². The van der Waals surface area contributed by atoms with Gasteiger partial charge in [-0.1, -0.05) is 0 Å². The van der Waals surface area contributed by atoms with Crippen LogP contribution in [0.25, 0.3) is 10.2 Å². The summed E-state index contributed by atoms with van der Waals surface area (Å²) in [5, 5.41) is 5.14. The van der Waals surface area contributed by atoms with Crippen LogP contribution in [0.5, 0.6) is 0 Å². The minimum absolute atomic E-state index is 0.713. The molecule has 1 aliphatic rings. The fraction of sp³-hybridized carbons (Fsp3) is 0.538. The summed E-state index contributed by atoms with van der Waals surface area (Å²) < 4.78 is 1.21. The lowest BCUT2D eigenvalue weighted by atomic mass is 10.3. The largest absolute Gasteiger partial charge is 0.357 e. The van der Waals surface area contributed by atoms with E-state index in [4.69, 9.17) is 0 Å². The summed E-state index contributed by atoms with van der Waals surface area (Å²) in [5.74, 6) is 2.67. The number of aromatic nitrogens is 2. The lowest BCUT2D eigenvalue weighted by molar-refractivity contribution is 0.735. The minimum Gasteiger partial charge on any atom is -0.357 e. The first-order valence-corrected chi connectivity index (χ1v) is 7.37. The highest BCUT2D eigenvalue weighted by Gasteiger charge is 2.25. The average Bonchev–Trinajstić information content (AvgIpc) is 3.09. The van der Waals surface area contributed by atoms with Gasteiger partial charge in [0.15, 0.2) is 5.82 Å². The maximum atomic E-state index is 4.66. The van der Waals surface area contributed by atoms with Gasteiger partial charge in [-0.3, -0.25) is 0 Å². The van der Waals surface area contributed by atoms with E-state index in [1.165, 1.54) is 17.5 Å². The molecule has 1 aliphatic carbocycles. The van der Waals surface area contributed by atoms with E-state index in [9.17, 15) is 0 Å². The van der Waals surface area contributed by atoms with Crippen molar-refractivity contribution < 1.29 is 0 Å². The molecule has 5 heteroatoms. The van der Waals surface area contributed by atoms with Crippen LogP contribution in [0.2, 0.25) is 0 Å². The molecule has 2 aromatic rings. The molecule has 2 heterocycles. The molecule has 2 aromatic heterocycles. The summed E-state index contributed by atoms with van der Waals surface area (Å²) in [5.41, 5.74) is 1.04. The van der Waals surface area contributed by atoms with Gasteiger partial charge in [0.25, 0.3) is 0 Å². The summed E-state index contributed by atoms with van der Waals surface area (Å²) in [6.07, 6.45) is 2.74. The molecule has 0 aromatic carbocycles. The zero-order valence-electron chi connectivity index (χ0n) is 10.8. The van der Waals surface area contributed by atoms with Crippen LogP contribution in [0, 0.1) is 5.92 Å². The molecule has 4 nitrogen and oxygen atoms in total. The SMILES string of the molecule is CCN(CC1CC1)c1nc(NC)nc2ccsc12. The van der Waals surface area contributed by atoms with Gasteiger partial charge in [-0.25, -0.2) is 4.98 Å². The van der Waals surface area contributed by atoms with Gasteiger partial charge in [-0.15, -0.1) is 11.3 Å². The Hall–Kier alpha value is -1.36. The Morgan fingerprint density at radius 2 is 2.28 bits per heavy atom. The van der Waals surface area contributed by atoms with Crippen molar-refractivity contribution in [3.05, 3.63) is 11.4 Å². The summed E-state index contributed by atoms with van der Waals surface area (Å²) >= 11 is 1.73. The number of nitrogens with zero attached hydrogens (tertiary/aromatic N) is 3. The van der Waals surface area contributed by atoms with Gasteiger partial charge < -0.3 is 10.2 Å². The summed E-state index contributed by atoms with van der Waals surface area (Å²) in [6.45, 7) is 4.33. The number of hydrogen-bond donors (Lipinski definition) is 1. The third-order valence-electron chi connectivity index (χ3n) is 3.37. The van der Waals surface area contributed by atoms with Gasteiger partial charge >= 0.3 is 0 Å². The average molecular weight is 262 g/mol. The molecular formula is C13H18N4S. The molecule has 0 radical (unpaired) electrons. The van der Waals surface area contributed by atoms with Crippen LogP contribution in [0.15, 0.2) is 11.4 Å². The zero-order valence-corrected chi connectivity index (χ0v) is 11.6. The first-order chi connectivity index (χ1) is 8.81. The number of fused-ring (bicyclic) bond motifs is 1. The van der Waals surface area contributed by atoms with E-state index in [2.05, 4.69) is 38.6 Å². The van der Waals surface area contributed by atoms with E-state index >= 15 is 0 Å². The predicted octanol–water partition coefficient (Wildman–Crippen LogP) is 2.97.